The van der Waals surface area contributed by atoms with Crippen LogP contribution in [0.1, 0.15) is 31.1 Å². The molecule has 1 fully saturated rings. The van der Waals surface area contributed by atoms with E-state index >= 15 is 0 Å². The van der Waals surface area contributed by atoms with Crippen molar-refractivity contribution in [1.29, 1.82) is 0 Å². The van der Waals surface area contributed by atoms with Crippen molar-refractivity contribution in [2.75, 3.05) is 6.54 Å². The summed E-state index contributed by atoms with van der Waals surface area (Å²) in [6, 6.07) is 1.86. The molecule has 0 radical (unpaired) electrons. The van der Waals surface area contributed by atoms with Gasteiger partial charge in [0.1, 0.15) is 6.10 Å². The molecule has 0 amide bonds. The highest BCUT2D eigenvalue weighted by Crippen LogP contribution is 2.48. The van der Waals surface area contributed by atoms with E-state index < -0.39 is 6.10 Å². The lowest BCUT2D eigenvalue weighted by Gasteiger charge is -2.44. The van der Waals surface area contributed by atoms with Gasteiger partial charge in [0.05, 0.1) is 5.69 Å². The van der Waals surface area contributed by atoms with Crippen LogP contribution in [0.5, 0.6) is 0 Å². The molecule has 1 atom stereocenters. The Morgan fingerprint density at radius 2 is 2.43 bits per heavy atom. The number of aryl methyl sites for hydroxylation is 1. The summed E-state index contributed by atoms with van der Waals surface area (Å²) >= 11 is 0. The molecular weight excluding hydrogens is 178 g/mol. The third kappa shape index (κ3) is 1.35. The first-order chi connectivity index (χ1) is 6.68. The Kier molecular flexibility index (Phi) is 2.33. The Labute approximate surface area is 83.7 Å². The standard InChI is InChI=1S/C10H17N3O/c1-13-6-3-8(12-13)9(14)10(7-11)4-2-5-10/h3,6,9,14H,2,4-5,7,11H2,1H3. The molecular formula is C10H17N3O. The second-order valence-electron chi connectivity index (χ2n) is 4.24. The van der Waals surface area contributed by atoms with Crippen LogP contribution in [0, 0.1) is 5.41 Å². The zero-order chi connectivity index (χ0) is 10.2. The van der Waals surface area contributed by atoms with Crippen molar-refractivity contribution >= 4 is 0 Å². The summed E-state index contributed by atoms with van der Waals surface area (Å²) in [7, 11) is 1.85. The molecule has 0 aromatic carbocycles. The summed E-state index contributed by atoms with van der Waals surface area (Å²) in [6.07, 6.45) is 4.55. The largest absolute Gasteiger partial charge is 0.386 e. The van der Waals surface area contributed by atoms with E-state index in [4.69, 9.17) is 5.73 Å². The van der Waals surface area contributed by atoms with Crippen LogP contribution < -0.4 is 5.73 Å². The van der Waals surface area contributed by atoms with Gasteiger partial charge in [-0.15, -0.1) is 0 Å². The Bertz CT molecular complexity index is 311. The van der Waals surface area contributed by atoms with Gasteiger partial charge >= 0.3 is 0 Å². The summed E-state index contributed by atoms with van der Waals surface area (Å²) in [4.78, 5) is 0. The Hall–Kier alpha value is -0.870. The topological polar surface area (TPSA) is 64.1 Å². The summed E-state index contributed by atoms with van der Waals surface area (Å²) in [6.45, 7) is 0.546. The predicted octanol–water partition coefficient (Wildman–Crippen LogP) is 0.582. The van der Waals surface area contributed by atoms with E-state index in [1.54, 1.807) is 4.68 Å². The number of nitrogens with two attached hydrogens (primary N) is 1. The van der Waals surface area contributed by atoms with E-state index in [-0.39, 0.29) is 5.41 Å². The normalized spacial score (nSPS) is 21.6. The van der Waals surface area contributed by atoms with E-state index in [2.05, 4.69) is 5.10 Å². The van der Waals surface area contributed by atoms with Gasteiger partial charge in [-0.05, 0) is 18.9 Å². The van der Waals surface area contributed by atoms with E-state index in [9.17, 15) is 5.11 Å². The quantitative estimate of drug-likeness (QED) is 0.741. The minimum absolute atomic E-state index is 0.103. The first kappa shape index (κ1) is 9.68. The molecule has 1 aliphatic rings. The average Bonchev–Trinajstić information content (AvgIpc) is 2.50. The van der Waals surface area contributed by atoms with Crippen LogP contribution in [0.4, 0.5) is 0 Å². The molecule has 2 rings (SSSR count). The molecule has 1 heterocycles. The van der Waals surface area contributed by atoms with Crippen molar-refractivity contribution in [3.63, 3.8) is 0 Å². The smallest absolute Gasteiger partial charge is 0.105 e. The van der Waals surface area contributed by atoms with E-state index in [1.807, 2.05) is 19.3 Å². The molecule has 0 aliphatic heterocycles. The van der Waals surface area contributed by atoms with Gasteiger partial charge in [-0.3, -0.25) is 4.68 Å². The molecule has 1 aliphatic carbocycles. The minimum atomic E-state index is -0.498. The summed E-state index contributed by atoms with van der Waals surface area (Å²) < 4.78 is 1.71. The van der Waals surface area contributed by atoms with Crippen molar-refractivity contribution in [2.24, 2.45) is 18.2 Å². The molecule has 1 aromatic heterocycles. The molecule has 1 saturated carbocycles. The third-order valence-electron chi connectivity index (χ3n) is 3.35. The fourth-order valence-electron chi connectivity index (χ4n) is 2.11. The van der Waals surface area contributed by atoms with Crippen molar-refractivity contribution in [3.05, 3.63) is 18.0 Å². The van der Waals surface area contributed by atoms with Crippen LogP contribution in [0.2, 0.25) is 0 Å². The van der Waals surface area contributed by atoms with E-state index in [0.717, 1.165) is 18.5 Å². The van der Waals surface area contributed by atoms with Crippen molar-refractivity contribution in [3.8, 4) is 0 Å². The molecule has 14 heavy (non-hydrogen) atoms. The average molecular weight is 195 g/mol. The van der Waals surface area contributed by atoms with Crippen LogP contribution in [0.15, 0.2) is 12.3 Å². The SMILES string of the molecule is Cn1ccc(C(O)C2(CN)CCC2)n1. The number of nitrogens with zero attached hydrogens (tertiary/aromatic N) is 2. The van der Waals surface area contributed by atoms with Gasteiger partial charge in [0.15, 0.2) is 0 Å². The lowest BCUT2D eigenvalue weighted by atomic mass is 9.64. The summed E-state index contributed by atoms with van der Waals surface area (Å²) in [5, 5.41) is 14.4. The molecule has 1 aromatic rings. The minimum Gasteiger partial charge on any atom is -0.386 e. The molecule has 4 heteroatoms. The van der Waals surface area contributed by atoms with Crippen LogP contribution >= 0.6 is 0 Å². The number of aliphatic hydroxyl groups excluding tert-OH is 1. The van der Waals surface area contributed by atoms with Gasteiger partial charge in [0, 0.05) is 25.2 Å². The maximum atomic E-state index is 10.1. The fraction of sp³-hybridized carbons (Fsp3) is 0.700. The number of aliphatic hydroxyl groups is 1. The Balaban J connectivity index is 2.18. The second kappa shape index (κ2) is 3.37. The first-order valence-corrected chi connectivity index (χ1v) is 5.06. The Morgan fingerprint density at radius 3 is 2.79 bits per heavy atom. The second-order valence-corrected chi connectivity index (χ2v) is 4.24. The zero-order valence-electron chi connectivity index (χ0n) is 8.48. The number of rotatable bonds is 3. The maximum Gasteiger partial charge on any atom is 0.105 e. The van der Waals surface area contributed by atoms with Gasteiger partial charge in [-0.25, -0.2) is 0 Å². The van der Waals surface area contributed by atoms with E-state index in [1.165, 1.54) is 6.42 Å². The van der Waals surface area contributed by atoms with Crippen molar-refractivity contribution in [2.45, 2.75) is 25.4 Å². The van der Waals surface area contributed by atoms with Gasteiger partial charge in [0.2, 0.25) is 0 Å². The highest BCUT2D eigenvalue weighted by molar-refractivity contribution is 5.10. The summed E-state index contributed by atoms with van der Waals surface area (Å²) in [5.74, 6) is 0. The van der Waals surface area contributed by atoms with Gasteiger partial charge in [0.25, 0.3) is 0 Å². The molecule has 78 valence electrons. The molecule has 4 nitrogen and oxygen atoms in total. The van der Waals surface area contributed by atoms with Crippen molar-refractivity contribution in [1.82, 2.24) is 9.78 Å². The molecule has 1 unspecified atom stereocenters. The van der Waals surface area contributed by atoms with E-state index in [0.29, 0.717) is 6.54 Å². The molecule has 3 N–H and O–H groups in total. The highest BCUT2D eigenvalue weighted by atomic mass is 16.3. The third-order valence-corrected chi connectivity index (χ3v) is 3.35. The first-order valence-electron chi connectivity index (χ1n) is 5.06. The predicted molar refractivity (Wildman–Crippen MR) is 53.5 cm³/mol. The van der Waals surface area contributed by atoms with Gasteiger partial charge < -0.3 is 10.8 Å². The fourth-order valence-corrected chi connectivity index (χ4v) is 2.11. The summed E-state index contributed by atoms with van der Waals surface area (Å²) in [5.41, 5.74) is 6.36. The monoisotopic (exact) mass is 195 g/mol. The highest BCUT2D eigenvalue weighted by Gasteiger charge is 2.43. The van der Waals surface area contributed by atoms with Crippen LogP contribution in [-0.4, -0.2) is 21.4 Å². The molecule has 0 saturated heterocycles. The molecule has 0 spiro atoms. The van der Waals surface area contributed by atoms with Crippen LogP contribution in [0.25, 0.3) is 0 Å². The molecule has 0 bridgehead atoms. The maximum absolute atomic E-state index is 10.1. The Morgan fingerprint density at radius 1 is 1.71 bits per heavy atom. The van der Waals surface area contributed by atoms with Crippen LogP contribution in [0.3, 0.4) is 0 Å². The zero-order valence-corrected chi connectivity index (χ0v) is 8.48. The number of hydrogen-bond donors (Lipinski definition) is 2. The lowest BCUT2D eigenvalue weighted by molar-refractivity contribution is -0.0324. The van der Waals surface area contributed by atoms with Gasteiger partial charge in [-0.2, -0.15) is 5.10 Å². The van der Waals surface area contributed by atoms with Crippen LogP contribution in [-0.2, 0) is 7.05 Å². The number of hydrogen-bond acceptors (Lipinski definition) is 3. The lowest BCUT2D eigenvalue weighted by Crippen LogP contribution is -2.42. The number of aromatic nitrogens is 2. The van der Waals surface area contributed by atoms with Gasteiger partial charge in [-0.1, -0.05) is 6.42 Å². The van der Waals surface area contributed by atoms with Crippen molar-refractivity contribution < 1.29 is 5.11 Å².